The van der Waals surface area contributed by atoms with Crippen LogP contribution in [0.1, 0.15) is 32.1 Å². The number of nitrogens with zero attached hydrogens (tertiary/aromatic N) is 1. The SMILES string of the molecule is COC(=O)C1CCCCN1C(=O)COC1CCNCC1. The second-order valence-corrected chi connectivity index (χ2v) is 5.38. The van der Waals surface area contributed by atoms with Crippen LogP contribution in [-0.2, 0) is 19.1 Å². The maximum Gasteiger partial charge on any atom is 0.328 e. The first-order valence-corrected chi connectivity index (χ1v) is 7.42. The van der Waals surface area contributed by atoms with Crippen molar-refractivity contribution in [3.8, 4) is 0 Å². The zero-order valence-corrected chi connectivity index (χ0v) is 12.1. The van der Waals surface area contributed by atoms with Crippen LogP contribution in [-0.4, -0.2) is 62.3 Å². The molecule has 2 aliphatic heterocycles. The number of esters is 1. The standard InChI is InChI=1S/C14H24N2O4/c1-19-14(18)12-4-2-3-9-16(12)13(17)10-20-11-5-7-15-8-6-11/h11-12,15H,2-10H2,1H3. The maximum atomic E-state index is 12.2. The van der Waals surface area contributed by atoms with Crippen molar-refractivity contribution in [2.45, 2.75) is 44.2 Å². The van der Waals surface area contributed by atoms with E-state index < -0.39 is 6.04 Å². The largest absolute Gasteiger partial charge is 0.467 e. The summed E-state index contributed by atoms with van der Waals surface area (Å²) in [7, 11) is 1.37. The molecule has 1 amide bonds. The van der Waals surface area contributed by atoms with Gasteiger partial charge in [-0.25, -0.2) is 4.79 Å². The van der Waals surface area contributed by atoms with Crippen LogP contribution in [0.2, 0.25) is 0 Å². The Kier molecular flexibility index (Phi) is 5.79. The predicted octanol–water partition coefficient (Wildman–Crippen LogP) is 0.309. The highest BCUT2D eigenvalue weighted by molar-refractivity contribution is 5.85. The molecule has 0 spiro atoms. The van der Waals surface area contributed by atoms with Gasteiger partial charge in [0.2, 0.25) is 5.91 Å². The van der Waals surface area contributed by atoms with Gasteiger partial charge in [-0.05, 0) is 45.2 Å². The Bertz CT molecular complexity index is 342. The van der Waals surface area contributed by atoms with Gasteiger partial charge in [0.25, 0.3) is 0 Å². The number of carbonyl (C=O) groups excluding carboxylic acids is 2. The third-order valence-electron chi connectivity index (χ3n) is 4.03. The second kappa shape index (κ2) is 7.59. The molecule has 2 rings (SSSR count). The molecule has 1 atom stereocenters. The molecule has 0 aromatic carbocycles. The number of nitrogens with one attached hydrogen (secondary N) is 1. The minimum atomic E-state index is -0.433. The molecule has 6 nitrogen and oxygen atoms in total. The monoisotopic (exact) mass is 284 g/mol. The third-order valence-corrected chi connectivity index (χ3v) is 4.03. The molecular weight excluding hydrogens is 260 g/mol. The lowest BCUT2D eigenvalue weighted by molar-refractivity contribution is -0.157. The zero-order chi connectivity index (χ0) is 14.4. The molecule has 6 heteroatoms. The van der Waals surface area contributed by atoms with Crippen LogP contribution in [0, 0.1) is 0 Å². The fourth-order valence-corrected chi connectivity index (χ4v) is 2.85. The van der Waals surface area contributed by atoms with Crippen LogP contribution in [0.25, 0.3) is 0 Å². The molecule has 114 valence electrons. The van der Waals surface area contributed by atoms with Crippen molar-refractivity contribution in [1.82, 2.24) is 10.2 Å². The van der Waals surface area contributed by atoms with Crippen LogP contribution < -0.4 is 5.32 Å². The molecule has 2 fully saturated rings. The highest BCUT2D eigenvalue weighted by Crippen LogP contribution is 2.18. The molecule has 20 heavy (non-hydrogen) atoms. The number of hydrogen-bond acceptors (Lipinski definition) is 5. The number of likely N-dealkylation sites (tertiary alicyclic amines) is 1. The van der Waals surface area contributed by atoms with E-state index in [1.807, 2.05) is 0 Å². The Balaban J connectivity index is 1.83. The number of rotatable bonds is 4. The van der Waals surface area contributed by atoms with Crippen molar-refractivity contribution in [3.63, 3.8) is 0 Å². The van der Waals surface area contributed by atoms with Crippen LogP contribution in [0.5, 0.6) is 0 Å². The van der Waals surface area contributed by atoms with Crippen molar-refractivity contribution < 1.29 is 19.1 Å². The molecule has 2 heterocycles. The van der Waals surface area contributed by atoms with Gasteiger partial charge >= 0.3 is 5.97 Å². The molecule has 1 N–H and O–H groups in total. The van der Waals surface area contributed by atoms with Gasteiger partial charge in [-0.3, -0.25) is 4.79 Å². The van der Waals surface area contributed by atoms with E-state index in [1.54, 1.807) is 4.90 Å². The van der Waals surface area contributed by atoms with Gasteiger partial charge in [0.15, 0.2) is 0 Å². The summed E-state index contributed by atoms with van der Waals surface area (Å²) in [5.74, 6) is -0.418. The van der Waals surface area contributed by atoms with E-state index in [1.165, 1.54) is 7.11 Å². The number of carbonyl (C=O) groups is 2. The first-order chi connectivity index (χ1) is 9.72. The summed E-state index contributed by atoms with van der Waals surface area (Å²) in [5.41, 5.74) is 0. The summed E-state index contributed by atoms with van der Waals surface area (Å²) in [6.07, 6.45) is 4.61. The molecule has 2 saturated heterocycles. The van der Waals surface area contributed by atoms with Gasteiger partial charge in [-0.15, -0.1) is 0 Å². The summed E-state index contributed by atoms with van der Waals surface area (Å²) in [5, 5.41) is 3.26. The Hall–Kier alpha value is -1.14. The van der Waals surface area contributed by atoms with E-state index in [-0.39, 0.29) is 24.6 Å². The number of ether oxygens (including phenoxy) is 2. The number of methoxy groups -OCH3 is 1. The fraction of sp³-hybridized carbons (Fsp3) is 0.857. The van der Waals surface area contributed by atoms with Crippen LogP contribution in [0.15, 0.2) is 0 Å². The third kappa shape index (κ3) is 3.93. The van der Waals surface area contributed by atoms with Crippen molar-refractivity contribution in [2.75, 3.05) is 33.4 Å². The summed E-state index contributed by atoms with van der Waals surface area (Å²) in [6.45, 7) is 2.56. The van der Waals surface area contributed by atoms with Crippen molar-refractivity contribution in [1.29, 1.82) is 0 Å². The van der Waals surface area contributed by atoms with Crippen LogP contribution in [0.4, 0.5) is 0 Å². The lowest BCUT2D eigenvalue weighted by Gasteiger charge is -2.34. The molecule has 0 saturated carbocycles. The minimum Gasteiger partial charge on any atom is -0.467 e. The zero-order valence-electron chi connectivity index (χ0n) is 12.1. The average Bonchev–Trinajstić information content (AvgIpc) is 2.52. The van der Waals surface area contributed by atoms with Gasteiger partial charge in [0.05, 0.1) is 13.2 Å². The van der Waals surface area contributed by atoms with E-state index in [4.69, 9.17) is 9.47 Å². The van der Waals surface area contributed by atoms with Crippen molar-refractivity contribution in [2.24, 2.45) is 0 Å². The summed E-state index contributed by atoms with van der Waals surface area (Å²) in [6, 6.07) is -0.433. The average molecular weight is 284 g/mol. The van der Waals surface area contributed by atoms with E-state index in [0.717, 1.165) is 38.8 Å². The first-order valence-electron chi connectivity index (χ1n) is 7.42. The normalized spacial score (nSPS) is 24.4. The topological polar surface area (TPSA) is 67.9 Å². The van der Waals surface area contributed by atoms with Crippen molar-refractivity contribution >= 4 is 11.9 Å². The van der Waals surface area contributed by atoms with Crippen molar-refractivity contribution in [3.05, 3.63) is 0 Å². The van der Waals surface area contributed by atoms with Gasteiger partial charge in [-0.2, -0.15) is 0 Å². The maximum absolute atomic E-state index is 12.2. The Morgan fingerprint density at radius 1 is 1.20 bits per heavy atom. The molecule has 0 aromatic heterocycles. The number of piperidine rings is 2. The molecular formula is C14H24N2O4. The lowest BCUT2D eigenvalue weighted by Crippen LogP contribution is -2.50. The van der Waals surface area contributed by atoms with Crippen LogP contribution in [0.3, 0.4) is 0 Å². The van der Waals surface area contributed by atoms with E-state index in [9.17, 15) is 9.59 Å². The highest BCUT2D eigenvalue weighted by atomic mass is 16.5. The smallest absolute Gasteiger partial charge is 0.328 e. The predicted molar refractivity (Wildman–Crippen MR) is 73.2 cm³/mol. The van der Waals surface area contributed by atoms with Gasteiger partial charge in [-0.1, -0.05) is 0 Å². The molecule has 0 bridgehead atoms. The summed E-state index contributed by atoms with van der Waals surface area (Å²) >= 11 is 0. The molecule has 0 radical (unpaired) electrons. The second-order valence-electron chi connectivity index (χ2n) is 5.38. The quantitative estimate of drug-likeness (QED) is 0.753. The molecule has 0 aromatic rings. The highest BCUT2D eigenvalue weighted by Gasteiger charge is 2.33. The van der Waals surface area contributed by atoms with Crippen LogP contribution >= 0.6 is 0 Å². The first kappa shape index (κ1) is 15.3. The van der Waals surface area contributed by atoms with Gasteiger partial charge in [0, 0.05) is 6.54 Å². The number of amides is 1. The fourth-order valence-electron chi connectivity index (χ4n) is 2.85. The van der Waals surface area contributed by atoms with E-state index in [0.29, 0.717) is 13.0 Å². The minimum absolute atomic E-state index is 0.0676. The summed E-state index contributed by atoms with van der Waals surface area (Å²) in [4.78, 5) is 25.6. The Morgan fingerprint density at radius 2 is 1.95 bits per heavy atom. The Morgan fingerprint density at radius 3 is 2.65 bits per heavy atom. The summed E-state index contributed by atoms with van der Waals surface area (Å²) < 4.78 is 10.5. The number of hydrogen-bond donors (Lipinski definition) is 1. The molecule has 2 aliphatic rings. The van der Waals surface area contributed by atoms with E-state index >= 15 is 0 Å². The Labute approximate surface area is 119 Å². The lowest BCUT2D eigenvalue weighted by atomic mass is 10.0. The molecule has 0 aliphatic carbocycles. The van der Waals surface area contributed by atoms with Gasteiger partial charge < -0.3 is 19.7 Å². The van der Waals surface area contributed by atoms with E-state index in [2.05, 4.69) is 5.32 Å². The van der Waals surface area contributed by atoms with Gasteiger partial charge in [0.1, 0.15) is 12.6 Å². The molecule has 1 unspecified atom stereocenters.